The molecular weight excluding hydrogens is 348 g/mol. The third kappa shape index (κ3) is 3.78. The third-order valence-corrected chi connectivity index (χ3v) is 5.17. The average Bonchev–Trinajstić information content (AvgIpc) is 2.74. The quantitative estimate of drug-likeness (QED) is 0.683. The summed E-state index contributed by atoms with van der Waals surface area (Å²) < 4.78 is 5.28. The van der Waals surface area contributed by atoms with E-state index in [9.17, 15) is 5.11 Å². The molecule has 2 atom stereocenters. The number of methoxy groups -OCH3 is 1. The molecule has 0 bridgehead atoms. The van der Waals surface area contributed by atoms with Crippen LogP contribution in [-0.2, 0) is 0 Å². The molecule has 0 unspecified atom stereocenters. The highest BCUT2D eigenvalue weighted by atomic mass is 16.5. The number of aryl methyl sites for hydroxylation is 1. The minimum Gasteiger partial charge on any atom is -0.508 e. The molecule has 142 valence electrons. The molecule has 3 aromatic carbocycles. The second-order valence-electron chi connectivity index (χ2n) is 7.10. The van der Waals surface area contributed by atoms with Gasteiger partial charge >= 0.3 is 0 Å². The maximum Gasteiger partial charge on any atom is 0.126 e. The van der Waals surface area contributed by atoms with Crippen LogP contribution in [0, 0.1) is 6.92 Å². The molecule has 3 aromatic rings. The number of nitrogens with zero attached hydrogens (tertiary/aromatic N) is 1. The van der Waals surface area contributed by atoms with E-state index in [2.05, 4.69) is 36.5 Å². The first-order valence-electron chi connectivity index (χ1n) is 9.45. The van der Waals surface area contributed by atoms with Crippen LogP contribution >= 0.6 is 0 Å². The number of phenols is 1. The number of nitrogens with one attached hydrogen (secondary N) is 1. The van der Waals surface area contributed by atoms with Crippen LogP contribution < -0.4 is 10.1 Å². The van der Waals surface area contributed by atoms with E-state index in [4.69, 9.17) is 9.73 Å². The summed E-state index contributed by atoms with van der Waals surface area (Å²) >= 11 is 0. The van der Waals surface area contributed by atoms with Gasteiger partial charge in [0.05, 0.1) is 7.11 Å². The van der Waals surface area contributed by atoms with Crippen LogP contribution in [-0.4, -0.2) is 17.9 Å². The fourth-order valence-electron chi connectivity index (χ4n) is 3.57. The van der Waals surface area contributed by atoms with Crippen molar-refractivity contribution < 1.29 is 9.84 Å². The summed E-state index contributed by atoms with van der Waals surface area (Å²) in [6.45, 7) is 2.08. The van der Waals surface area contributed by atoms with Gasteiger partial charge in [-0.15, -0.1) is 0 Å². The van der Waals surface area contributed by atoms with Crippen molar-refractivity contribution in [3.63, 3.8) is 0 Å². The summed E-state index contributed by atoms with van der Waals surface area (Å²) in [7, 11) is 1.66. The van der Waals surface area contributed by atoms with Gasteiger partial charge in [-0.3, -0.25) is 10.3 Å². The molecule has 4 rings (SSSR count). The molecule has 0 saturated carbocycles. The molecule has 1 aliphatic rings. The van der Waals surface area contributed by atoms with Gasteiger partial charge in [-0.05, 0) is 36.2 Å². The van der Waals surface area contributed by atoms with E-state index in [-0.39, 0.29) is 12.2 Å². The Labute approximate surface area is 165 Å². The van der Waals surface area contributed by atoms with Crippen LogP contribution in [0.1, 0.15) is 40.9 Å². The SMILES string of the molecule is COc1ccc([C@@H]2N=C(c3ccc(C)cc3)C[C@@H](c3ccccc3O)N2)cc1. The highest BCUT2D eigenvalue weighted by Gasteiger charge is 2.27. The maximum atomic E-state index is 10.4. The van der Waals surface area contributed by atoms with Crippen LogP contribution in [0.15, 0.2) is 77.8 Å². The van der Waals surface area contributed by atoms with Crippen LogP contribution in [0.2, 0.25) is 0 Å². The van der Waals surface area contributed by atoms with E-state index in [1.165, 1.54) is 5.56 Å². The van der Waals surface area contributed by atoms with Crippen LogP contribution in [0.3, 0.4) is 0 Å². The number of rotatable bonds is 4. The van der Waals surface area contributed by atoms with Crippen molar-refractivity contribution in [1.29, 1.82) is 0 Å². The van der Waals surface area contributed by atoms with Crippen molar-refractivity contribution in [2.45, 2.75) is 25.6 Å². The van der Waals surface area contributed by atoms with E-state index in [1.807, 2.05) is 42.5 Å². The second-order valence-corrected chi connectivity index (χ2v) is 7.10. The Morgan fingerprint density at radius 2 is 1.68 bits per heavy atom. The Morgan fingerprint density at radius 3 is 2.36 bits per heavy atom. The van der Waals surface area contributed by atoms with Crippen LogP contribution in [0.25, 0.3) is 0 Å². The standard InChI is InChI=1S/C24H24N2O2/c1-16-7-9-17(10-8-16)21-15-22(20-5-3-4-6-23(20)27)26-24(25-21)18-11-13-19(28-2)14-12-18/h3-14,22,24,26-27H,15H2,1-2H3/t22-,24+/m0/s1. The normalized spacial score (nSPS) is 19.1. The predicted octanol–water partition coefficient (Wildman–Crippen LogP) is 4.93. The summed E-state index contributed by atoms with van der Waals surface area (Å²) in [5, 5.41) is 14.0. The van der Waals surface area contributed by atoms with Gasteiger partial charge < -0.3 is 9.84 Å². The zero-order chi connectivity index (χ0) is 19.5. The lowest BCUT2D eigenvalue weighted by molar-refractivity contribution is 0.408. The van der Waals surface area contributed by atoms with Crippen molar-refractivity contribution >= 4 is 5.71 Å². The van der Waals surface area contributed by atoms with Gasteiger partial charge in [-0.1, -0.05) is 60.2 Å². The molecule has 0 saturated heterocycles. The maximum absolute atomic E-state index is 10.4. The Hall–Kier alpha value is -3.11. The smallest absolute Gasteiger partial charge is 0.126 e. The van der Waals surface area contributed by atoms with Gasteiger partial charge in [0.1, 0.15) is 17.7 Å². The molecule has 4 nitrogen and oxygen atoms in total. The first kappa shape index (κ1) is 18.3. The lowest BCUT2D eigenvalue weighted by Gasteiger charge is -2.31. The minimum absolute atomic E-state index is 0.0258. The van der Waals surface area contributed by atoms with Gasteiger partial charge in [0.25, 0.3) is 0 Å². The largest absolute Gasteiger partial charge is 0.508 e. The molecule has 0 fully saturated rings. The molecule has 1 heterocycles. The zero-order valence-electron chi connectivity index (χ0n) is 16.1. The molecule has 0 spiro atoms. The van der Waals surface area contributed by atoms with Gasteiger partial charge in [-0.25, -0.2) is 0 Å². The number of phenolic OH excluding ortho intramolecular Hbond substituents is 1. The molecule has 0 amide bonds. The molecule has 0 aromatic heterocycles. The number of para-hydroxylation sites is 1. The van der Waals surface area contributed by atoms with Crippen LogP contribution in [0.4, 0.5) is 0 Å². The fourth-order valence-corrected chi connectivity index (χ4v) is 3.57. The van der Waals surface area contributed by atoms with Crippen LogP contribution in [0.5, 0.6) is 11.5 Å². The van der Waals surface area contributed by atoms with Gasteiger partial charge in [0.15, 0.2) is 0 Å². The second kappa shape index (κ2) is 7.87. The van der Waals surface area contributed by atoms with Crippen molar-refractivity contribution in [3.05, 3.63) is 95.1 Å². The van der Waals surface area contributed by atoms with E-state index < -0.39 is 0 Å². The Balaban J connectivity index is 1.73. The Kier molecular flexibility index (Phi) is 5.13. The summed E-state index contributed by atoms with van der Waals surface area (Å²) in [6.07, 6.45) is 0.522. The molecule has 28 heavy (non-hydrogen) atoms. The molecule has 0 aliphatic carbocycles. The molecule has 2 N–H and O–H groups in total. The summed E-state index contributed by atoms with van der Waals surface area (Å²) in [6, 6.07) is 23.9. The Morgan fingerprint density at radius 1 is 0.964 bits per heavy atom. The lowest BCUT2D eigenvalue weighted by Crippen LogP contribution is -2.33. The summed E-state index contributed by atoms with van der Waals surface area (Å²) in [5.74, 6) is 1.12. The number of hydrogen-bond acceptors (Lipinski definition) is 4. The first-order chi connectivity index (χ1) is 13.6. The fraction of sp³-hybridized carbons (Fsp3) is 0.208. The number of aliphatic imine (C=N–C) groups is 1. The van der Waals surface area contributed by atoms with Gasteiger partial charge in [0.2, 0.25) is 0 Å². The minimum atomic E-state index is -0.194. The highest BCUT2D eigenvalue weighted by Crippen LogP contribution is 2.34. The number of hydrogen-bond donors (Lipinski definition) is 2. The van der Waals surface area contributed by atoms with E-state index >= 15 is 0 Å². The number of aromatic hydroxyl groups is 1. The lowest BCUT2D eigenvalue weighted by atomic mass is 9.93. The zero-order valence-corrected chi connectivity index (χ0v) is 16.1. The van der Waals surface area contributed by atoms with Crippen molar-refractivity contribution in [1.82, 2.24) is 5.32 Å². The van der Waals surface area contributed by atoms with Crippen molar-refractivity contribution in [3.8, 4) is 11.5 Å². The molecular formula is C24H24N2O2. The van der Waals surface area contributed by atoms with Crippen molar-refractivity contribution in [2.24, 2.45) is 4.99 Å². The highest BCUT2D eigenvalue weighted by molar-refractivity contribution is 6.01. The van der Waals surface area contributed by atoms with E-state index in [1.54, 1.807) is 13.2 Å². The molecule has 1 aliphatic heterocycles. The summed E-state index contributed by atoms with van der Waals surface area (Å²) in [5.41, 5.74) is 5.33. The number of benzene rings is 3. The average molecular weight is 372 g/mol. The molecule has 4 heteroatoms. The monoisotopic (exact) mass is 372 g/mol. The van der Waals surface area contributed by atoms with E-state index in [0.717, 1.165) is 28.2 Å². The predicted molar refractivity (Wildman–Crippen MR) is 112 cm³/mol. The molecule has 0 radical (unpaired) electrons. The van der Waals surface area contributed by atoms with E-state index in [0.29, 0.717) is 12.2 Å². The van der Waals surface area contributed by atoms with Crippen molar-refractivity contribution in [2.75, 3.05) is 7.11 Å². The van der Waals surface area contributed by atoms with Gasteiger partial charge in [-0.2, -0.15) is 0 Å². The first-order valence-corrected chi connectivity index (χ1v) is 9.45. The number of ether oxygens (including phenoxy) is 1. The van der Waals surface area contributed by atoms with Gasteiger partial charge in [0, 0.05) is 23.7 Å². The Bertz CT molecular complexity index is 978. The third-order valence-electron chi connectivity index (χ3n) is 5.17. The topological polar surface area (TPSA) is 53.9 Å². The summed E-state index contributed by atoms with van der Waals surface area (Å²) in [4.78, 5) is 5.00.